The fourth-order valence-electron chi connectivity index (χ4n) is 2.65. The predicted octanol–water partition coefficient (Wildman–Crippen LogP) is 4.53. The topological polar surface area (TPSA) is 31.9 Å². The first-order valence-electron chi connectivity index (χ1n) is 8.46. The molecule has 0 spiro atoms. The van der Waals surface area contributed by atoms with E-state index < -0.39 is 0 Å². The van der Waals surface area contributed by atoms with Gasteiger partial charge in [0, 0.05) is 0 Å². The summed E-state index contributed by atoms with van der Waals surface area (Å²) < 4.78 is 0. The number of nitrogens with zero attached hydrogens (tertiary/aromatic N) is 2. The van der Waals surface area contributed by atoms with Crippen molar-refractivity contribution >= 4 is 11.0 Å². The van der Waals surface area contributed by atoms with Crippen LogP contribution in [-0.4, -0.2) is 28.0 Å². The summed E-state index contributed by atoms with van der Waals surface area (Å²) in [5.41, 5.74) is 3.63. The van der Waals surface area contributed by atoms with Gasteiger partial charge in [-0.3, -0.25) is 4.90 Å². The molecule has 0 aliphatic carbocycles. The Balaban J connectivity index is 2.07. The number of aromatic amines is 1. The van der Waals surface area contributed by atoms with E-state index >= 15 is 0 Å². The highest BCUT2D eigenvalue weighted by atomic mass is 15.1. The highest BCUT2D eigenvalue weighted by Crippen LogP contribution is 2.15. The van der Waals surface area contributed by atoms with E-state index in [9.17, 15) is 0 Å². The SMILES string of the molecule is CCCCN(CCCC)Cc1nc2ccc(CC)cc2[nH]1. The van der Waals surface area contributed by atoms with Crippen molar-refractivity contribution in [1.29, 1.82) is 0 Å². The highest BCUT2D eigenvalue weighted by Gasteiger charge is 2.09. The van der Waals surface area contributed by atoms with Crippen LogP contribution in [0.5, 0.6) is 0 Å². The number of aromatic nitrogens is 2. The second kappa shape index (κ2) is 8.18. The highest BCUT2D eigenvalue weighted by molar-refractivity contribution is 5.75. The van der Waals surface area contributed by atoms with E-state index in [0.717, 1.165) is 24.3 Å². The number of fused-ring (bicyclic) bond motifs is 1. The average molecular weight is 287 g/mol. The molecule has 1 heterocycles. The van der Waals surface area contributed by atoms with E-state index in [1.54, 1.807) is 0 Å². The number of hydrogen-bond acceptors (Lipinski definition) is 2. The first-order chi connectivity index (χ1) is 10.3. The molecule has 1 aromatic carbocycles. The van der Waals surface area contributed by atoms with Gasteiger partial charge in [0.05, 0.1) is 17.6 Å². The first kappa shape index (κ1) is 16.0. The van der Waals surface area contributed by atoms with Gasteiger partial charge >= 0.3 is 0 Å². The van der Waals surface area contributed by atoms with Gasteiger partial charge in [-0.25, -0.2) is 4.98 Å². The molecule has 3 heteroatoms. The van der Waals surface area contributed by atoms with Gasteiger partial charge in [0.1, 0.15) is 5.82 Å². The third-order valence-corrected chi connectivity index (χ3v) is 4.03. The molecule has 0 aliphatic heterocycles. The lowest BCUT2D eigenvalue weighted by Crippen LogP contribution is -2.26. The monoisotopic (exact) mass is 287 g/mol. The number of imidazole rings is 1. The summed E-state index contributed by atoms with van der Waals surface area (Å²) in [6, 6.07) is 6.55. The lowest BCUT2D eigenvalue weighted by molar-refractivity contribution is 0.252. The van der Waals surface area contributed by atoms with E-state index in [4.69, 9.17) is 4.98 Å². The molecule has 0 saturated carbocycles. The summed E-state index contributed by atoms with van der Waals surface area (Å²) in [5.74, 6) is 1.10. The van der Waals surface area contributed by atoms with E-state index in [-0.39, 0.29) is 0 Å². The molecule has 2 aromatic rings. The molecular formula is C18H29N3. The lowest BCUT2D eigenvalue weighted by Gasteiger charge is -2.20. The molecule has 0 bridgehead atoms. The van der Waals surface area contributed by atoms with Crippen LogP contribution in [-0.2, 0) is 13.0 Å². The van der Waals surface area contributed by atoms with Crippen molar-refractivity contribution < 1.29 is 0 Å². The Morgan fingerprint density at radius 2 is 1.76 bits per heavy atom. The zero-order valence-electron chi connectivity index (χ0n) is 13.8. The van der Waals surface area contributed by atoms with Crippen LogP contribution in [0.2, 0.25) is 0 Å². The van der Waals surface area contributed by atoms with Crippen molar-refractivity contribution in [3.8, 4) is 0 Å². The standard InChI is InChI=1S/C18H29N3/c1-4-7-11-21(12-8-5-2)14-18-19-16-10-9-15(6-3)13-17(16)20-18/h9-10,13H,4-8,11-12,14H2,1-3H3,(H,19,20). The fourth-order valence-corrected chi connectivity index (χ4v) is 2.65. The van der Waals surface area contributed by atoms with Gasteiger partial charge in [0.15, 0.2) is 0 Å². The van der Waals surface area contributed by atoms with E-state index in [1.165, 1.54) is 49.9 Å². The predicted molar refractivity (Wildman–Crippen MR) is 90.6 cm³/mol. The molecule has 21 heavy (non-hydrogen) atoms. The second-order valence-electron chi connectivity index (χ2n) is 5.87. The Bertz CT molecular complexity index is 536. The maximum absolute atomic E-state index is 4.75. The molecule has 1 aromatic heterocycles. The molecule has 3 nitrogen and oxygen atoms in total. The molecule has 2 rings (SSSR count). The molecule has 0 amide bonds. The number of unbranched alkanes of at least 4 members (excludes halogenated alkanes) is 2. The minimum Gasteiger partial charge on any atom is -0.341 e. The van der Waals surface area contributed by atoms with Gasteiger partial charge in [-0.2, -0.15) is 0 Å². The largest absolute Gasteiger partial charge is 0.341 e. The molecule has 0 radical (unpaired) electrons. The van der Waals surface area contributed by atoms with Crippen molar-refractivity contribution in [3.05, 3.63) is 29.6 Å². The molecular weight excluding hydrogens is 258 g/mol. The van der Waals surface area contributed by atoms with Gasteiger partial charge in [0.2, 0.25) is 0 Å². The Kier molecular flexibility index (Phi) is 6.24. The Morgan fingerprint density at radius 1 is 1.05 bits per heavy atom. The number of H-pyrrole nitrogens is 1. The van der Waals surface area contributed by atoms with Gasteiger partial charge in [0.25, 0.3) is 0 Å². The van der Waals surface area contributed by atoms with Crippen molar-refractivity contribution in [2.75, 3.05) is 13.1 Å². The Hall–Kier alpha value is -1.35. The summed E-state index contributed by atoms with van der Waals surface area (Å²) in [4.78, 5) is 10.8. The molecule has 0 unspecified atom stereocenters. The maximum Gasteiger partial charge on any atom is 0.121 e. The molecule has 0 fully saturated rings. The van der Waals surface area contributed by atoms with Crippen LogP contribution in [0.25, 0.3) is 11.0 Å². The number of rotatable bonds is 9. The number of hydrogen-bond donors (Lipinski definition) is 1. The van der Waals surface area contributed by atoms with Crippen LogP contribution in [0.1, 0.15) is 57.8 Å². The minimum absolute atomic E-state index is 0.941. The third-order valence-electron chi connectivity index (χ3n) is 4.03. The van der Waals surface area contributed by atoms with Gasteiger partial charge in [-0.15, -0.1) is 0 Å². The van der Waals surface area contributed by atoms with E-state index in [1.807, 2.05) is 0 Å². The first-order valence-corrected chi connectivity index (χ1v) is 8.46. The van der Waals surface area contributed by atoms with Crippen LogP contribution in [0, 0.1) is 0 Å². The minimum atomic E-state index is 0.941. The molecule has 0 aliphatic rings. The quantitative estimate of drug-likeness (QED) is 0.735. The molecule has 0 atom stereocenters. The van der Waals surface area contributed by atoms with Gasteiger partial charge < -0.3 is 4.98 Å². The smallest absolute Gasteiger partial charge is 0.121 e. The van der Waals surface area contributed by atoms with Crippen molar-refractivity contribution in [2.45, 2.75) is 59.4 Å². The number of aryl methyl sites for hydroxylation is 1. The zero-order valence-corrected chi connectivity index (χ0v) is 13.8. The summed E-state index contributed by atoms with van der Waals surface area (Å²) in [6.07, 6.45) is 6.11. The third kappa shape index (κ3) is 4.57. The number of benzene rings is 1. The van der Waals surface area contributed by atoms with Crippen LogP contribution in [0.3, 0.4) is 0 Å². The summed E-state index contributed by atoms with van der Waals surface area (Å²) >= 11 is 0. The van der Waals surface area contributed by atoms with Gasteiger partial charge in [-0.1, -0.05) is 39.7 Å². The van der Waals surface area contributed by atoms with Crippen LogP contribution in [0.15, 0.2) is 18.2 Å². The fraction of sp³-hybridized carbons (Fsp3) is 0.611. The molecule has 0 saturated heterocycles. The van der Waals surface area contributed by atoms with E-state index in [0.29, 0.717) is 0 Å². The second-order valence-corrected chi connectivity index (χ2v) is 5.87. The summed E-state index contributed by atoms with van der Waals surface area (Å²) in [7, 11) is 0. The van der Waals surface area contributed by atoms with Crippen molar-refractivity contribution in [2.24, 2.45) is 0 Å². The Labute approximate surface area is 128 Å². The summed E-state index contributed by atoms with van der Waals surface area (Å²) in [5, 5.41) is 0. The number of nitrogens with one attached hydrogen (secondary N) is 1. The van der Waals surface area contributed by atoms with Crippen molar-refractivity contribution in [1.82, 2.24) is 14.9 Å². The van der Waals surface area contributed by atoms with Crippen LogP contribution >= 0.6 is 0 Å². The normalized spacial score (nSPS) is 11.6. The van der Waals surface area contributed by atoms with Crippen LogP contribution in [0.4, 0.5) is 0 Å². The lowest BCUT2D eigenvalue weighted by atomic mass is 10.1. The van der Waals surface area contributed by atoms with Gasteiger partial charge in [-0.05, 0) is 50.0 Å². The summed E-state index contributed by atoms with van der Waals surface area (Å²) in [6.45, 7) is 9.99. The van der Waals surface area contributed by atoms with Crippen LogP contribution < -0.4 is 0 Å². The molecule has 116 valence electrons. The Morgan fingerprint density at radius 3 is 2.38 bits per heavy atom. The van der Waals surface area contributed by atoms with E-state index in [2.05, 4.69) is 48.9 Å². The molecule has 1 N–H and O–H groups in total. The zero-order chi connectivity index (χ0) is 15.1. The average Bonchev–Trinajstić information content (AvgIpc) is 2.91. The van der Waals surface area contributed by atoms with Crippen molar-refractivity contribution in [3.63, 3.8) is 0 Å². The maximum atomic E-state index is 4.75.